The molecule has 0 radical (unpaired) electrons. The summed E-state index contributed by atoms with van der Waals surface area (Å²) < 4.78 is 4.94. The quantitative estimate of drug-likeness (QED) is 0.465. The predicted octanol–water partition coefficient (Wildman–Crippen LogP) is -0.194. The lowest BCUT2D eigenvalue weighted by molar-refractivity contribution is -0.115. The Morgan fingerprint density at radius 1 is 1.47 bits per heavy atom. The number of hydrogen-bond acceptors (Lipinski definition) is 4. The minimum Gasteiger partial charge on any atom is -0.450 e. The molecule has 15 heavy (non-hydrogen) atoms. The Morgan fingerprint density at radius 2 is 1.93 bits per heavy atom. The Morgan fingerprint density at radius 3 is 2.27 bits per heavy atom. The minimum absolute atomic E-state index is 0.167. The fourth-order valence-corrected chi connectivity index (χ4v) is 0.763. The van der Waals surface area contributed by atoms with E-state index in [2.05, 4.69) is 5.32 Å². The van der Waals surface area contributed by atoms with Crippen LogP contribution in [0.3, 0.4) is 0 Å². The number of carbonyl (C=O) groups is 1. The highest BCUT2D eigenvalue weighted by atomic mass is 16.6. The standard InChI is InChI=1S/C8H11NO2.C2H3NO/c1-8(9,10)11-7-5-3-2-4-6-7;4-2-1-3-2/h2-6,10H,9H2,1H3;1H2,(H,3,4). The fraction of sp³-hybridized carbons (Fsp3) is 0.300. The van der Waals surface area contributed by atoms with E-state index in [1.807, 2.05) is 6.07 Å². The van der Waals surface area contributed by atoms with Crippen molar-refractivity contribution in [1.82, 2.24) is 5.32 Å². The van der Waals surface area contributed by atoms with Gasteiger partial charge in [0.2, 0.25) is 5.91 Å². The molecule has 0 spiro atoms. The van der Waals surface area contributed by atoms with Gasteiger partial charge >= 0.3 is 0 Å². The molecular formula is C10H14N2O3. The summed E-state index contributed by atoms with van der Waals surface area (Å²) in [6.45, 7) is 1.97. The fourth-order valence-electron chi connectivity index (χ4n) is 0.763. The molecule has 0 saturated carbocycles. The minimum atomic E-state index is -1.60. The maximum Gasteiger partial charge on any atom is 0.262 e. The highest BCUT2D eigenvalue weighted by Crippen LogP contribution is 2.11. The van der Waals surface area contributed by atoms with Crippen LogP contribution in [-0.2, 0) is 4.79 Å². The molecule has 1 aromatic carbocycles. The molecule has 1 unspecified atom stereocenters. The molecule has 1 fully saturated rings. The number of amides is 1. The van der Waals surface area contributed by atoms with Gasteiger partial charge < -0.3 is 15.2 Å². The molecule has 5 heteroatoms. The highest BCUT2D eigenvalue weighted by molar-refractivity contribution is 5.91. The molecule has 5 nitrogen and oxygen atoms in total. The second-order valence-electron chi connectivity index (χ2n) is 3.25. The van der Waals surface area contributed by atoms with Crippen LogP contribution in [0, 0.1) is 0 Å². The molecule has 4 N–H and O–H groups in total. The monoisotopic (exact) mass is 210 g/mol. The second-order valence-corrected chi connectivity index (χ2v) is 3.25. The summed E-state index contributed by atoms with van der Waals surface area (Å²) in [5.41, 5.74) is 5.20. The van der Waals surface area contributed by atoms with E-state index in [9.17, 15) is 4.79 Å². The number of benzene rings is 1. The molecule has 0 aromatic heterocycles. The van der Waals surface area contributed by atoms with Gasteiger partial charge in [0, 0.05) is 6.92 Å². The Kier molecular flexibility index (Phi) is 3.65. The molecule has 2 rings (SSSR count). The van der Waals surface area contributed by atoms with Gasteiger partial charge in [-0.1, -0.05) is 18.2 Å². The van der Waals surface area contributed by atoms with Crippen LogP contribution in [0.1, 0.15) is 6.92 Å². The van der Waals surface area contributed by atoms with Crippen molar-refractivity contribution >= 4 is 5.91 Å². The molecule has 0 aliphatic carbocycles. The summed E-state index contributed by atoms with van der Waals surface area (Å²) in [5, 5.41) is 11.5. The largest absolute Gasteiger partial charge is 0.450 e. The normalized spacial score (nSPS) is 16.6. The molecule has 1 aliphatic rings. The van der Waals surface area contributed by atoms with E-state index in [4.69, 9.17) is 15.6 Å². The van der Waals surface area contributed by atoms with Gasteiger partial charge in [-0.3, -0.25) is 10.5 Å². The van der Waals surface area contributed by atoms with Crippen LogP contribution in [0.15, 0.2) is 30.3 Å². The first-order valence-electron chi connectivity index (χ1n) is 4.49. The van der Waals surface area contributed by atoms with Crippen LogP contribution in [0.2, 0.25) is 0 Å². The van der Waals surface area contributed by atoms with Crippen molar-refractivity contribution in [3.05, 3.63) is 30.3 Å². The number of nitrogens with two attached hydrogens (primary N) is 1. The lowest BCUT2D eigenvalue weighted by atomic mass is 10.3. The molecule has 1 heterocycles. The third-order valence-corrected chi connectivity index (χ3v) is 1.39. The second kappa shape index (κ2) is 4.77. The van der Waals surface area contributed by atoms with Crippen LogP contribution in [0.4, 0.5) is 0 Å². The first-order valence-corrected chi connectivity index (χ1v) is 4.49. The van der Waals surface area contributed by atoms with E-state index in [0.717, 1.165) is 0 Å². The van der Waals surface area contributed by atoms with E-state index in [-0.39, 0.29) is 5.91 Å². The van der Waals surface area contributed by atoms with Gasteiger partial charge in [0.15, 0.2) is 0 Å². The van der Waals surface area contributed by atoms with Crippen molar-refractivity contribution in [2.45, 2.75) is 12.8 Å². The summed E-state index contributed by atoms with van der Waals surface area (Å²) in [7, 11) is 0. The van der Waals surface area contributed by atoms with Crippen LogP contribution in [-0.4, -0.2) is 23.5 Å². The van der Waals surface area contributed by atoms with Gasteiger partial charge in [0.1, 0.15) is 5.75 Å². The lowest BCUT2D eigenvalue weighted by Gasteiger charge is -2.18. The van der Waals surface area contributed by atoms with Crippen molar-refractivity contribution in [2.24, 2.45) is 5.73 Å². The zero-order chi connectivity index (χ0) is 11.3. The number of aliphatic hydroxyl groups is 1. The van der Waals surface area contributed by atoms with E-state index in [1.165, 1.54) is 6.92 Å². The van der Waals surface area contributed by atoms with E-state index < -0.39 is 5.91 Å². The Labute approximate surface area is 87.9 Å². The van der Waals surface area contributed by atoms with Crippen LogP contribution >= 0.6 is 0 Å². The Hall–Kier alpha value is -1.59. The van der Waals surface area contributed by atoms with Gasteiger partial charge in [-0.05, 0) is 12.1 Å². The number of para-hydroxylation sites is 1. The molecule has 1 aliphatic heterocycles. The average molecular weight is 210 g/mol. The van der Waals surface area contributed by atoms with Gasteiger partial charge in [-0.25, -0.2) is 0 Å². The maximum absolute atomic E-state index is 9.44. The first kappa shape index (κ1) is 11.5. The Bertz CT molecular complexity index is 313. The highest BCUT2D eigenvalue weighted by Gasteiger charge is 2.13. The lowest BCUT2D eigenvalue weighted by Crippen LogP contribution is -2.41. The summed E-state index contributed by atoms with van der Waals surface area (Å²) in [6.07, 6.45) is 0. The topological polar surface area (TPSA) is 94.5 Å². The molecule has 82 valence electrons. The van der Waals surface area contributed by atoms with Crippen molar-refractivity contribution in [3.8, 4) is 5.75 Å². The van der Waals surface area contributed by atoms with Crippen LogP contribution in [0.5, 0.6) is 5.75 Å². The Balaban J connectivity index is 0.000000234. The van der Waals surface area contributed by atoms with Crippen LogP contribution < -0.4 is 15.8 Å². The van der Waals surface area contributed by atoms with Gasteiger partial charge in [-0.15, -0.1) is 0 Å². The first-order chi connectivity index (χ1) is 6.97. The van der Waals surface area contributed by atoms with Crippen molar-refractivity contribution in [1.29, 1.82) is 0 Å². The molecule has 1 aromatic rings. The number of carbonyl (C=O) groups excluding carboxylic acids is 1. The molecule has 1 atom stereocenters. The third-order valence-electron chi connectivity index (χ3n) is 1.39. The smallest absolute Gasteiger partial charge is 0.262 e. The summed E-state index contributed by atoms with van der Waals surface area (Å²) in [5.74, 6) is -0.874. The SMILES string of the molecule is CC(N)(O)Oc1ccccc1.O=C1CN1. The van der Waals surface area contributed by atoms with Gasteiger partial charge in [0.25, 0.3) is 5.91 Å². The van der Waals surface area contributed by atoms with Crippen molar-refractivity contribution < 1.29 is 14.6 Å². The number of ether oxygens (including phenoxy) is 1. The van der Waals surface area contributed by atoms with E-state index in [0.29, 0.717) is 12.3 Å². The molecule has 1 amide bonds. The summed E-state index contributed by atoms with van der Waals surface area (Å²) in [6, 6.07) is 8.92. The van der Waals surface area contributed by atoms with Crippen LogP contribution in [0.25, 0.3) is 0 Å². The summed E-state index contributed by atoms with van der Waals surface area (Å²) >= 11 is 0. The zero-order valence-electron chi connectivity index (χ0n) is 8.43. The summed E-state index contributed by atoms with van der Waals surface area (Å²) in [4.78, 5) is 9.44. The predicted molar refractivity (Wildman–Crippen MR) is 54.9 cm³/mol. The third kappa shape index (κ3) is 6.48. The number of hydrogen-bond donors (Lipinski definition) is 3. The number of nitrogens with one attached hydrogen (secondary N) is 1. The van der Waals surface area contributed by atoms with E-state index >= 15 is 0 Å². The maximum atomic E-state index is 9.44. The molecular weight excluding hydrogens is 196 g/mol. The van der Waals surface area contributed by atoms with E-state index in [1.54, 1.807) is 24.3 Å². The number of rotatable bonds is 2. The molecule has 0 bridgehead atoms. The van der Waals surface area contributed by atoms with Gasteiger partial charge in [-0.2, -0.15) is 0 Å². The van der Waals surface area contributed by atoms with Crippen molar-refractivity contribution in [3.63, 3.8) is 0 Å². The average Bonchev–Trinajstić information content (AvgIpc) is 2.87. The van der Waals surface area contributed by atoms with Gasteiger partial charge in [0.05, 0.1) is 6.54 Å². The zero-order valence-corrected chi connectivity index (χ0v) is 8.43. The molecule has 1 saturated heterocycles. The van der Waals surface area contributed by atoms with Crippen molar-refractivity contribution in [2.75, 3.05) is 6.54 Å².